The molecule has 6 heteroatoms. The Hall–Kier alpha value is -4.06. The highest BCUT2D eigenvalue weighted by molar-refractivity contribution is 6.39. The second kappa shape index (κ2) is 7.28. The van der Waals surface area contributed by atoms with E-state index in [-0.39, 0.29) is 35.5 Å². The molecule has 2 aliphatic carbocycles. The summed E-state index contributed by atoms with van der Waals surface area (Å²) < 4.78 is 0. The lowest BCUT2D eigenvalue weighted by Crippen LogP contribution is -2.51. The molecule has 0 fully saturated rings. The molecule has 0 aromatic heterocycles. The number of imide groups is 2. The van der Waals surface area contributed by atoms with E-state index in [2.05, 4.69) is 34.6 Å². The van der Waals surface area contributed by atoms with E-state index in [1.54, 1.807) is 7.05 Å². The van der Waals surface area contributed by atoms with Crippen molar-refractivity contribution in [1.82, 2.24) is 9.80 Å². The molecule has 0 N–H and O–H groups in total. The SMILES string of the molecule is CCN1C(=O)C2=c3c(c(C)c4c5c3c(c3c(C)c(C)c6c7c(c(C)c(c5c73)C4C)C(=O)N(C)C6=O)C(C)C2(C)C)C1=O. The minimum Gasteiger partial charge on any atom is -0.277 e. The van der Waals surface area contributed by atoms with Crippen molar-refractivity contribution in [3.63, 3.8) is 0 Å². The molecule has 0 spiro atoms. The Morgan fingerprint density at radius 1 is 0.619 bits per heavy atom. The van der Waals surface area contributed by atoms with Crippen molar-refractivity contribution in [2.24, 2.45) is 5.41 Å². The fourth-order valence-corrected chi connectivity index (χ4v) is 9.36. The Balaban J connectivity index is 1.81. The minimum atomic E-state index is -0.560. The van der Waals surface area contributed by atoms with Crippen molar-refractivity contribution < 1.29 is 19.2 Å². The fraction of sp³-hybridized carbons (Fsp3) is 0.389. The number of fused-ring (bicyclic) bond motifs is 1. The predicted octanol–water partition coefficient (Wildman–Crippen LogP) is 6.09. The minimum absolute atomic E-state index is 0.0561. The van der Waals surface area contributed by atoms with Crippen molar-refractivity contribution in [3.8, 4) is 0 Å². The van der Waals surface area contributed by atoms with Crippen LogP contribution in [0.1, 0.15) is 116 Å². The molecule has 0 saturated heterocycles. The summed E-state index contributed by atoms with van der Waals surface area (Å²) in [6.07, 6.45) is 0. The topological polar surface area (TPSA) is 74.8 Å². The Morgan fingerprint density at radius 3 is 1.76 bits per heavy atom. The van der Waals surface area contributed by atoms with Crippen LogP contribution in [0.25, 0.3) is 37.9 Å². The first-order chi connectivity index (χ1) is 19.7. The second-order valence-corrected chi connectivity index (χ2v) is 13.6. The molecule has 0 radical (unpaired) electrons. The van der Waals surface area contributed by atoms with Crippen LogP contribution in [0.15, 0.2) is 0 Å². The summed E-state index contributed by atoms with van der Waals surface area (Å²) in [5, 5.41) is 6.88. The molecule has 2 aliphatic heterocycles. The monoisotopic (exact) mass is 558 g/mol. The third-order valence-electron chi connectivity index (χ3n) is 11.7. The molecule has 4 aromatic carbocycles. The van der Waals surface area contributed by atoms with Crippen LogP contribution >= 0.6 is 0 Å². The van der Waals surface area contributed by atoms with Gasteiger partial charge in [-0.2, -0.15) is 0 Å². The summed E-state index contributed by atoms with van der Waals surface area (Å²) in [5.74, 6) is -1.04. The van der Waals surface area contributed by atoms with Crippen LogP contribution in [0.4, 0.5) is 0 Å². The van der Waals surface area contributed by atoms with Gasteiger partial charge in [0.05, 0.1) is 16.7 Å². The van der Waals surface area contributed by atoms with Gasteiger partial charge in [-0.1, -0.05) is 27.7 Å². The van der Waals surface area contributed by atoms with Crippen LogP contribution in [-0.2, 0) is 4.79 Å². The Morgan fingerprint density at radius 2 is 1.17 bits per heavy atom. The van der Waals surface area contributed by atoms with E-state index in [1.807, 2.05) is 27.7 Å². The van der Waals surface area contributed by atoms with Gasteiger partial charge in [0.2, 0.25) is 0 Å². The third-order valence-corrected chi connectivity index (χ3v) is 11.7. The number of hydrogen-bond donors (Lipinski definition) is 0. The summed E-state index contributed by atoms with van der Waals surface area (Å²) >= 11 is 0. The summed E-state index contributed by atoms with van der Waals surface area (Å²) in [6, 6.07) is 0. The predicted molar refractivity (Wildman–Crippen MR) is 164 cm³/mol. The summed E-state index contributed by atoms with van der Waals surface area (Å²) in [4.78, 5) is 58.6. The van der Waals surface area contributed by atoms with Crippen molar-refractivity contribution in [2.75, 3.05) is 13.6 Å². The van der Waals surface area contributed by atoms with Gasteiger partial charge in [-0.05, 0) is 106 Å². The molecule has 2 unspecified atom stereocenters. The van der Waals surface area contributed by atoms with Crippen LogP contribution in [0.2, 0.25) is 0 Å². The van der Waals surface area contributed by atoms with E-state index in [0.717, 1.165) is 82.1 Å². The van der Waals surface area contributed by atoms with E-state index < -0.39 is 5.41 Å². The van der Waals surface area contributed by atoms with E-state index in [4.69, 9.17) is 0 Å². The standard InChI is InChI=1S/C36H34N2O4/c1-11-38-34(41)23-16(6)19-14(4)18-15(5)22-28-21(32(39)37(10)33(22)40)13(3)12(2)20-24-17(7)36(8,9)31(35(38)42)30(23)29(24)26(19)25(18)27(20)28/h14,17H,11H2,1-10H3. The van der Waals surface area contributed by atoms with E-state index >= 15 is 0 Å². The first-order valence-corrected chi connectivity index (χ1v) is 15.0. The second-order valence-electron chi connectivity index (χ2n) is 13.6. The molecule has 212 valence electrons. The number of nitrogens with zero attached hydrogens (tertiary/aromatic N) is 2. The van der Waals surface area contributed by atoms with Crippen molar-refractivity contribution in [1.29, 1.82) is 0 Å². The number of benzene rings is 4. The summed E-state index contributed by atoms with van der Waals surface area (Å²) in [5.41, 5.74) is 9.13. The largest absolute Gasteiger partial charge is 0.277 e. The molecule has 4 aliphatic rings. The molecule has 2 heterocycles. The summed E-state index contributed by atoms with van der Waals surface area (Å²) in [7, 11) is 1.58. The Bertz CT molecular complexity index is 2220. The molecule has 4 amide bonds. The molecular formula is C36H34N2O4. The van der Waals surface area contributed by atoms with Gasteiger partial charge in [0, 0.05) is 41.1 Å². The van der Waals surface area contributed by atoms with Gasteiger partial charge in [0.25, 0.3) is 23.6 Å². The zero-order valence-electron chi connectivity index (χ0n) is 25.9. The van der Waals surface area contributed by atoms with Gasteiger partial charge in [-0.3, -0.25) is 29.0 Å². The smallest absolute Gasteiger partial charge is 0.261 e. The lowest BCUT2D eigenvalue weighted by Gasteiger charge is -2.43. The van der Waals surface area contributed by atoms with Gasteiger partial charge in [0.15, 0.2) is 0 Å². The third kappa shape index (κ3) is 2.31. The van der Waals surface area contributed by atoms with Crippen molar-refractivity contribution in [2.45, 2.75) is 74.1 Å². The highest BCUT2D eigenvalue weighted by atomic mass is 16.2. The molecule has 4 aromatic rings. The van der Waals surface area contributed by atoms with Crippen LogP contribution in [0.5, 0.6) is 0 Å². The Kier molecular flexibility index (Phi) is 4.45. The van der Waals surface area contributed by atoms with E-state index in [9.17, 15) is 19.2 Å². The molecule has 42 heavy (non-hydrogen) atoms. The van der Waals surface area contributed by atoms with Crippen molar-refractivity contribution >= 4 is 61.5 Å². The quantitative estimate of drug-likeness (QED) is 0.161. The lowest BCUT2D eigenvalue weighted by atomic mass is 9.62. The molecule has 2 atom stereocenters. The number of rotatable bonds is 1. The van der Waals surface area contributed by atoms with Gasteiger partial charge in [0.1, 0.15) is 0 Å². The normalized spacial score (nSPS) is 21.9. The van der Waals surface area contributed by atoms with Crippen LogP contribution < -0.4 is 5.22 Å². The fourth-order valence-electron chi connectivity index (χ4n) is 9.36. The molecule has 8 rings (SSSR count). The average molecular weight is 559 g/mol. The summed E-state index contributed by atoms with van der Waals surface area (Å²) in [6.45, 7) is 18.9. The average Bonchev–Trinajstić information content (AvgIpc) is 3.24. The Labute approximate surface area is 244 Å². The highest BCUT2D eigenvalue weighted by Crippen LogP contribution is 2.59. The molecule has 0 saturated carbocycles. The van der Waals surface area contributed by atoms with Crippen LogP contribution in [0, 0.1) is 33.1 Å². The van der Waals surface area contributed by atoms with E-state index in [0.29, 0.717) is 23.2 Å². The highest BCUT2D eigenvalue weighted by Gasteiger charge is 2.50. The van der Waals surface area contributed by atoms with Crippen molar-refractivity contribution in [3.05, 3.63) is 60.9 Å². The van der Waals surface area contributed by atoms with Crippen LogP contribution in [0.3, 0.4) is 0 Å². The number of carbonyl (C=O) groups is 4. The van der Waals surface area contributed by atoms with E-state index in [1.165, 1.54) is 9.80 Å². The maximum absolute atomic E-state index is 14.2. The first-order valence-electron chi connectivity index (χ1n) is 15.0. The first kappa shape index (κ1) is 25.6. The lowest BCUT2D eigenvalue weighted by molar-refractivity contribution is -0.123. The number of amides is 4. The van der Waals surface area contributed by atoms with Gasteiger partial charge < -0.3 is 0 Å². The number of carbonyl (C=O) groups excluding carboxylic acids is 4. The number of hydrogen-bond acceptors (Lipinski definition) is 4. The maximum atomic E-state index is 14.2. The molecular weight excluding hydrogens is 524 g/mol. The molecule has 0 bridgehead atoms. The maximum Gasteiger partial charge on any atom is 0.261 e. The zero-order valence-corrected chi connectivity index (χ0v) is 25.9. The van der Waals surface area contributed by atoms with Gasteiger partial charge in [-0.15, -0.1) is 0 Å². The molecule has 6 nitrogen and oxygen atoms in total. The number of aryl methyl sites for hydroxylation is 1. The zero-order chi connectivity index (χ0) is 30.2. The van der Waals surface area contributed by atoms with Gasteiger partial charge in [-0.25, -0.2) is 0 Å². The van der Waals surface area contributed by atoms with Gasteiger partial charge >= 0.3 is 0 Å². The van der Waals surface area contributed by atoms with Crippen LogP contribution in [-0.4, -0.2) is 47.0 Å².